The molecule has 0 aliphatic heterocycles. The van der Waals surface area contributed by atoms with Crippen molar-refractivity contribution >= 4 is 23.5 Å². The van der Waals surface area contributed by atoms with Crippen molar-refractivity contribution in [3.8, 4) is 22.3 Å². The molecule has 0 spiro atoms. The van der Waals surface area contributed by atoms with Gasteiger partial charge in [0, 0.05) is 5.56 Å². The van der Waals surface area contributed by atoms with E-state index in [-0.39, 0.29) is 17.0 Å². The number of carbonyl (C=O) groups excluding carboxylic acids is 1. The summed E-state index contributed by atoms with van der Waals surface area (Å²) in [6, 6.07) is 21.2. The molecule has 1 atom stereocenters. The Morgan fingerprint density at radius 1 is 0.789 bits per heavy atom. The van der Waals surface area contributed by atoms with Crippen LogP contribution in [-0.4, -0.2) is 17.0 Å². The lowest BCUT2D eigenvalue weighted by Crippen LogP contribution is -2.30. The summed E-state index contributed by atoms with van der Waals surface area (Å²) in [6.45, 7) is 0. The zero-order chi connectivity index (χ0) is 27.4. The average Bonchev–Trinajstić information content (AvgIpc) is 2.89. The summed E-state index contributed by atoms with van der Waals surface area (Å²) < 4.78 is 51.9. The van der Waals surface area contributed by atoms with Crippen LogP contribution in [0.2, 0.25) is 5.02 Å². The average molecular weight is 542 g/mol. The van der Waals surface area contributed by atoms with Crippen molar-refractivity contribution in [2.45, 2.75) is 18.6 Å². The summed E-state index contributed by atoms with van der Waals surface area (Å²) in [7, 11) is 0. The maximum Gasteiger partial charge on any atom is 0.416 e. The van der Waals surface area contributed by atoms with Gasteiger partial charge in [-0.2, -0.15) is 13.2 Å². The number of halogens is 5. The highest BCUT2D eigenvalue weighted by atomic mass is 35.5. The molecule has 4 nitrogen and oxygen atoms in total. The molecule has 2 N–H and O–H groups in total. The van der Waals surface area contributed by atoms with Crippen molar-refractivity contribution in [1.29, 1.82) is 0 Å². The SMILES string of the molecule is O=C(O)CC(NC(=O)c1ccc(-c2ccc(C(F)(F)F)cc2)cc1)c1ccc(-c2ccc(F)c(Cl)c2)cc1. The van der Waals surface area contributed by atoms with Crippen molar-refractivity contribution in [1.82, 2.24) is 5.32 Å². The van der Waals surface area contributed by atoms with Gasteiger partial charge < -0.3 is 10.4 Å². The van der Waals surface area contributed by atoms with Crippen LogP contribution in [-0.2, 0) is 11.0 Å². The summed E-state index contributed by atoms with van der Waals surface area (Å²) in [4.78, 5) is 24.4. The van der Waals surface area contributed by atoms with Crippen LogP contribution in [0.4, 0.5) is 17.6 Å². The Morgan fingerprint density at radius 3 is 1.82 bits per heavy atom. The zero-order valence-electron chi connectivity index (χ0n) is 19.6. The molecule has 0 bridgehead atoms. The highest BCUT2D eigenvalue weighted by Crippen LogP contribution is 2.31. The van der Waals surface area contributed by atoms with E-state index < -0.39 is 35.5 Å². The van der Waals surface area contributed by atoms with Crippen molar-refractivity contribution in [3.63, 3.8) is 0 Å². The molecule has 0 aliphatic rings. The van der Waals surface area contributed by atoms with Crippen LogP contribution in [0.1, 0.15) is 33.9 Å². The van der Waals surface area contributed by atoms with E-state index in [4.69, 9.17) is 11.6 Å². The molecule has 0 fully saturated rings. The predicted molar refractivity (Wildman–Crippen MR) is 136 cm³/mol. The highest BCUT2D eigenvalue weighted by molar-refractivity contribution is 6.31. The number of hydrogen-bond acceptors (Lipinski definition) is 2. The van der Waals surface area contributed by atoms with Crippen molar-refractivity contribution in [2.24, 2.45) is 0 Å². The molecule has 0 radical (unpaired) electrons. The molecule has 9 heteroatoms. The second-order valence-corrected chi connectivity index (χ2v) is 8.93. The number of carboxylic acids is 1. The topological polar surface area (TPSA) is 66.4 Å². The molecule has 4 aromatic carbocycles. The molecule has 0 aromatic heterocycles. The number of nitrogens with one attached hydrogen (secondary N) is 1. The first-order valence-electron chi connectivity index (χ1n) is 11.4. The lowest BCUT2D eigenvalue weighted by atomic mass is 9.98. The van der Waals surface area contributed by atoms with Crippen LogP contribution in [0, 0.1) is 5.82 Å². The van der Waals surface area contributed by atoms with E-state index in [1.54, 1.807) is 42.5 Å². The van der Waals surface area contributed by atoms with Crippen molar-refractivity contribution in [3.05, 3.63) is 119 Å². The number of aliphatic carboxylic acids is 1. The smallest absolute Gasteiger partial charge is 0.416 e. The molecule has 1 amide bonds. The Labute approximate surface area is 220 Å². The second kappa shape index (κ2) is 11.1. The van der Waals surface area contributed by atoms with E-state index >= 15 is 0 Å². The van der Waals surface area contributed by atoms with Gasteiger partial charge in [0.25, 0.3) is 5.91 Å². The normalized spacial score (nSPS) is 12.1. The molecule has 0 saturated carbocycles. The van der Waals surface area contributed by atoms with Crippen LogP contribution < -0.4 is 5.32 Å². The first kappa shape index (κ1) is 26.9. The fourth-order valence-electron chi connectivity index (χ4n) is 3.92. The molecule has 1 unspecified atom stereocenters. The number of benzene rings is 4. The summed E-state index contributed by atoms with van der Waals surface area (Å²) in [6.07, 6.45) is -4.79. The van der Waals surface area contributed by atoms with Gasteiger partial charge in [0.15, 0.2) is 0 Å². The van der Waals surface area contributed by atoms with E-state index in [1.165, 1.54) is 36.4 Å². The second-order valence-electron chi connectivity index (χ2n) is 8.53. The van der Waals surface area contributed by atoms with Gasteiger partial charge in [-0.3, -0.25) is 9.59 Å². The number of amides is 1. The molecule has 0 aliphatic carbocycles. The van der Waals surface area contributed by atoms with Crippen LogP contribution >= 0.6 is 11.6 Å². The standard InChI is InChI=1S/C29H20ClF4NO3/c30-24-15-22(11-14-25(24)31)19-1-5-20(6-2-19)26(16-27(36)37)35-28(38)21-7-3-17(4-8-21)18-9-12-23(13-10-18)29(32,33)34/h1-15,26H,16H2,(H,35,38)(H,36,37). The van der Waals surface area contributed by atoms with Crippen molar-refractivity contribution in [2.75, 3.05) is 0 Å². The third kappa shape index (κ3) is 6.39. The minimum Gasteiger partial charge on any atom is -0.481 e. The Morgan fingerprint density at radius 2 is 1.29 bits per heavy atom. The fourth-order valence-corrected chi connectivity index (χ4v) is 4.10. The molecule has 4 aromatic rings. The zero-order valence-corrected chi connectivity index (χ0v) is 20.4. The van der Waals surface area contributed by atoms with Gasteiger partial charge in [-0.15, -0.1) is 0 Å². The summed E-state index contributed by atoms with van der Waals surface area (Å²) in [5.74, 6) is -2.16. The predicted octanol–water partition coefficient (Wildman–Crippen LogP) is 7.78. The van der Waals surface area contributed by atoms with Crippen LogP contribution in [0.25, 0.3) is 22.3 Å². The Kier molecular flexibility index (Phi) is 7.83. The van der Waals surface area contributed by atoms with Gasteiger partial charge in [-0.1, -0.05) is 66.2 Å². The number of rotatable bonds is 7. The van der Waals surface area contributed by atoms with Gasteiger partial charge in [-0.05, 0) is 64.2 Å². The van der Waals surface area contributed by atoms with E-state index in [2.05, 4.69) is 5.32 Å². The van der Waals surface area contributed by atoms with E-state index in [9.17, 15) is 32.3 Å². The summed E-state index contributed by atoms with van der Waals surface area (Å²) >= 11 is 5.86. The number of carbonyl (C=O) groups is 2. The summed E-state index contributed by atoms with van der Waals surface area (Å²) in [5, 5.41) is 12.1. The molecule has 0 heterocycles. The first-order valence-corrected chi connectivity index (χ1v) is 11.7. The lowest BCUT2D eigenvalue weighted by molar-refractivity contribution is -0.138. The number of alkyl halides is 3. The monoisotopic (exact) mass is 541 g/mol. The van der Waals surface area contributed by atoms with E-state index in [0.717, 1.165) is 17.7 Å². The lowest BCUT2D eigenvalue weighted by Gasteiger charge is -2.18. The van der Waals surface area contributed by atoms with E-state index in [1.807, 2.05) is 0 Å². The number of carboxylic acid groups (broad SMARTS) is 1. The van der Waals surface area contributed by atoms with Gasteiger partial charge in [0.1, 0.15) is 5.82 Å². The number of hydrogen-bond donors (Lipinski definition) is 2. The minimum absolute atomic E-state index is 0.0214. The third-order valence-electron chi connectivity index (χ3n) is 5.94. The Balaban J connectivity index is 1.49. The molecule has 38 heavy (non-hydrogen) atoms. The van der Waals surface area contributed by atoms with Gasteiger partial charge in [0.2, 0.25) is 0 Å². The first-order chi connectivity index (χ1) is 18.0. The molecular weight excluding hydrogens is 522 g/mol. The largest absolute Gasteiger partial charge is 0.481 e. The van der Waals surface area contributed by atoms with Crippen molar-refractivity contribution < 1.29 is 32.3 Å². The Hall–Kier alpha value is -4.17. The molecular formula is C29H20ClF4NO3. The third-order valence-corrected chi connectivity index (χ3v) is 6.23. The van der Waals surface area contributed by atoms with E-state index in [0.29, 0.717) is 22.3 Å². The maximum atomic E-state index is 13.5. The summed E-state index contributed by atoms with van der Waals surface area (Å²) in [5.41, 5.74) is 2.64. The van der Waals surface area contributed by atoms with Gasteiger partial charge >= 0.3 is 12.1 Å². The van der Waals surface area contributed by atoms with Crippen LogP contribution in [0.3, 0.4) is 0 Å². The van der Waals surface area contributed by atoms with Gasteiger partial charge in [0.05, 0.1) is 23.0 Å². The molecule has 194 valence electrons. The Bertz CT molecular complexity index is 1450. The maximum absolute atomic E-state index is 13.5. The highest BCUT2D eigenvalue weighted by Gasteiger charge is 2.30. The minimum atomic E-state index is -4.43. The quantitative estimate of drug-likeness (QED) is 0.235. The van der Waals surface area contributed by atoms with Gasteiger partial charge in [-0.25, -0.2) is 4.39 Å². The van der Waals surface area contributed by atoms with Crippen LogP contribution in [0.5, 0.6) is 0 Å². The fraction of sp³-hybridized carbons (Fsp3) is 0.103. The molecule has 4 rings (SSSR count). The van der Waals surface area contributed by atoms with Crippen LogP contribution in [0.15, 0.2) is 91.0 Å². The molecule has 0 saturated heterocycles.